The van der Waals surface area contributed by atoms with Gasteiger partial charge in [0.25, 0.3) is 5.89 Å². The van der Waals surface area contributed by atoms with Crippen molar-refractivity contribution in [3.8, 4) is 17.1 Å². The number of ether oxygens (including phenoxy) is 1. The largest absolute Gasteiger partial charge is 0.495 e. The molecule has 0 bridgehead atoms. The van der Waals surface area contributed by atoms with Crippen LogP contribution >= 0.6 is 11.6 Å². The third-order valence-corrected chi connectivity index (χ3v) is 6.24. The smallest absolute Gasteiger partial charge is 0.326 e. The molecule has 1 aromatic heterocycles. The lowest BCUT2D eigenvalue weighted by Crippen LogP contribution is -2.46. The number of amides is 2. The Bertz CT molecular complexity index is 1430. The van der Waals surface area contributed by atoms with E-state index < -0.39 is 6.04 Å². The van der Waals surface area contributed by atoms with Gasteiger partial charge in [-0.25, -0.2) is 4.79 Å². The maximum absolute atomic E-state index is 13.3. The van der Waals surface area contributed by atoms with E-state index in [-0.39, 0.29) is 6.03 Å². The molecule has 1 atom stereocenters. The van der Waals surface area contributed by atoms with Crippen molar-refractivity contribution in [3.05, 3.63) is 101 Å². The summed E-state index contributed by atoms with van der Waals surface area (Å²) in [5, 5.41) is 7.72. The first kappa shape index (κ1) is 22.7. The zero-order chi connectivity index (χ0) is 24.5. The number of carbonyl (C=O) groups is 1. The Balaban J connectivity index is 1.65. The van der Waals surface area contributed by atoms with Crippen LogP contribution in [0.25, 0.3) is 17.0 Å². The number of halogens is 1. The van der Waals surface area contributed by atoms with Gasteiger partial charge in [-0.2, -0.15) is 4.98 Å². The van der Waals surface area contributed by atoms with E-state index in [1.165, 1.54) is 0 Å². The van der Waals surface area contributed by atoms with Crippen LogP contribution in [0.5, 0.6) is 5.75 Å². The topological polar surface area (TPSA) is 80.5 Å². The lowest BCUT2D eigenvalue weighted by atomic mass is 9.94. The standard InChI is InChI=1S/C27H23ClN4O3/c1-16-8-7-11-19(14-16)25-30-26(35-31-25)23-17(2)32(20-12-13-22(34-3)21(28)15-20)27(33)29-24(23)18-9-5-4-6-10-18/h4-15,24H,1-3H3,(H,29,33). The van der Waals surface area contributed by atoms with Crippen LogP contribution in [-0.2, 0) is 0 Å². The molecule has 176 valence electrons. The van der Waals surface area contributed by atoms with E-state index in [0.717, 1.165) is 16.7 Å². The van der Waals surface area contributed by atoms with Gasteiger partial charge in [-0.05, 0) is 43.7 Å². The van der Waals surface area contributed by atoms with Crippen LogP contribution in [0.2, 0.25) is 5.02 Å². The number of allylic oxidation sites excluding steroid dienone is 1. The summed E-state index contributed by atoms with van der Waals surface area (Å²) in [4.78, 5) is 19.6. The number of anilines is 1. The number of aromatic nitrogens is 2. The van der Waals surface area contributed by atoms with E-state index in [1.807, 2.05) is 68.4 Å². The molecular weight excluding hydrogens is 464 g/mol. The molecule has 5 rings (SSSR count). The maximum Gasteiger partial charge on any atom is 0.326 e. The number of carbonyl (C=O) groups excluding carboxylic acids is 1. The maximum atomic E-state index is 13.3. The summed E-state index contributed by atoms with van der Waals surface area (Å²) in [6, 6.07) is 22.0. The highest BCUT2D eigenvalue weighted by atomic mass is 35.5. The van der Waals surface area contributed by atoms with Crippen LogP contribution in [0, 0.1) is 6.92 Å². The van der Waals surface area contributed by atoms with Crippen LogP contribution in [-0.4, -0.2) is 23.3 Å². The number of methoxy groups -OCH3 is 1. The van der Waals surface area contributed by atoms with Crippen LogP contribution in [0.1, 0.15) is 30.0 Å². The molecule has 4 aromatic rings. The molecule has 35 heavy (non-hydrogen) atoms. The predicted molar refractivity (Wildman–Crippen MR) is 135 cm³/mol. The zero-order valence-electron chi connectivity index (χ0n) is 19.4. The van der Waals surface area contributed by atoms with E-state index in [4.69, 9.17) is 25.8 Å². The van der Waals surface area contributed by atoms with Gasteiger partial charge in [0.15, 0.2) is 0 Å². The summed E-state index contributed by atoms with van der Waals surface area (Å²) < 4.78 is 11.0. The molecular formula is C27H23ClN4O3. The summed E-state index contributed by atoms with van der Waals surface area (Å²) in [5.41, 5.74) is 4.80. The molecule has 2 heterocycles. The van der Waals surface area contributed by atoms with Crippen LogP contribution in [0.3, 0.4) is 0 Å². The van der Waals surface area contributed by atoms with Crippen molar-refractivity contribution in [1.29, 1.82) is 0 Å². The molecule has 1 aliphatic heterocycles. The number of aryl methyl sites for hydroxylation is 1. The molecule has 8 heteroatoms. The van der Waals surface area contributed by atoms with Gasteiger partial charge in [-0.15, -0.1) is 0 Å². The van der Waals surface area contributed by atoms with Crippen molar-refractivity contribution in [1.82, 2.24) is 15.5 Å². The third-order valence-electron chi connectivity index (χ3n) is 5.94. The molecule has 1 unspecified atom stereocenters. The van der Waals surface area contributed by atoms with Crippen LogP contribution in [0.15, 0.2) is 83.0 Å². The summed E-state index contributed by atoms with van der Waals surface area (Å²) in [5.74, 6) is 1.33. The van der Waals surface area contributed by atoms with Gasteiger partial charge in [0.05, 0.1) is 29.4 Å². The second-order valence-corrected chi connectivity index (χ2v) is 8.65. The number of hydrogen-bond donors (Lipinski definition) is 1. The molecule has 7 nitrogen and oxygen atoms in total. The Labute approximate surface area is 208 Å². The van der Waals surface area contributed by atoms with Gasteiger partial charge in [-0.3, -0.25) is 4.90 Å². The van der Waals surface area contributed by atoms with Gasteiger partial charge in [-0.1, -0.05) is 70.9 Å². The van der Waals surface area contributed by atoms with Crippen LogP contribution < -0.4 is 15.0 Å². The Morgan fingerprint density at radius 2 is 1.83 bits per heavy atom. The first-order valence-corrected chi connectivity index (χ1v) is 11.4. The number of rotatable bonds is 5. The highest BCUT2D eigenvalue weighted by Crippen LogP contribution is 2.40. The average Bonchev–Trinajstić information content (AvgIpc) is 3.34. The second-order valence-electron chi connectivity index (χ2n) is 8.24. The molecule has 1 N–H and O–H groups in total. The van der Waals surface area contributed by atoms with Gasteiger partial charge < -0.3 is 14.6 Å². The van der Waals surface area contributed by atoms with Crippen molar-refractivity contribution in [2.24, 2.45) is 0 Å². The number of hydrogen-bond acceptors (Lipinski definition) is 5. The summed E-state index contributed by atoms with van der Waals surface area (Å²) in [6.07, 6.45) is 0. The Morgan fingerprint density at radius 1 is 1.03 bits per heavy atom. The van der Waals surface area contributed by atoms with Crippen LogP contribution in [0.4, 0.5) is 10.5 Å². The normalized spacial score (nSPS) is 15.8. The van der Waals surface area contributed by atoms with Crippen molar-refractivity contribution in [3.63, 3.8) is 0 Å². The fraction of sp³-hybridized carbons (Fsp3) is 0.148. The SMILES string of the molecule is COc1ccc(N2C(=O)NC(c3ccccc3)C(c3nc(-c4cccc(C)c4)no3)=C2C)cc1Cl. The predicted octanol–water partition coefficient (Wildman–Crippen LogP) is 6.41. The molecule has 1 aliphatic rings. The molecule has 3 aromatic carbocycles. The fourth-order valence-corrected chi connectivity index (χ4v) is 4.51. The third kappa shape index (κ3) is 4.26. The number of benzene rings is 3. The number of nitrogens with one attached hydrogen (secondary N) is 1. The quantitative estimate of drug-likeness (QED) is 0.352. The van der Waals surface area contributed by atoms with E-state index in [2.05, 4.69) is 10.5 Å². The van der Waals surface area contributed by atoms with Crippen molar-refractivity contribution in [2.45, 2.75) is 19.9 Å². The first-order chi connectivity index (χ1) is 17.0. The Morgan fingerprint density at radius 3 is 2.54 bits per heavy atom. The monoisotopic (exact) mass is 486 g/mol. The van der Waals surface area contributed by atoms with E-state index >= 15 is 0 Å². The lowest BCUT2D eigenvalue weighted by molar-refractivity contribution is 0.244. The molecule has 0 spiro atoms. The van der Waals surface area contributed by atoms with Gasteiger partial charge in [0.2, 0.25) is 5.82 Å². The van der Waals surface area contributed by atoms with E-state index in [1.54, 1.807) is 30.2 Å². The summed E-state index contributed by atoms with van der Waals surface area (Å²) >= 11 is 6.37. The average molecular weight is 487 g/mol. The Kier molecular flexibility index (Phi) is 6.01. The second kappa shape index (κ2) is 9.27. The van der Waals surface area contributed by atoms with Crippen molar-refractivity contribution in [2.75, 3.05) is 12.0 Å². The minimum Gasteiger partial charge on any atom is -0.495 e. The highest BCUT2D eigenvalue weighted by molar-refractivity contribution is 6.32. The molecule has 0 fully saturated rings. The summed E-state index contributed by atoms with van der Waals surface area (Å²) in [6.45, 7) is 3.87. The van der Waals surface area contributed by atoms with Gasteiger partial charge >= 0.3 is 6.03 Å². The van der Waals surface area contributed by atoms with Gasteiger partial charge in [0, 0.05) is 11.3 Å². The summed E-state index contributed by atoms with van der Waals surface area (Å²) in [7, 11) is 1.55. The zero-order valence-corrected chi connectivity index (χ0v) is 20.2. The fourth-order valence-electron chi connectivity index (χ4n) is 4.26. The Hall–Kier alpha value is -4.10. The van der Waals surface area contributed by atoms with Gasteiger partial charge in [0.1, 0.15) is 5.75 Å². The molecule has 0 radical (unpaired) electrons. The molecule has 0 saturated heterocycles. The first-order valence-electron chi connectivity index (χ1n) is 11.1. The minimum atomic E-state index is -0.473. The molecule has 0 saturated carbocycles. The van der Waals surface area contributed by atoms with E-state index in [0.29, 0.717) is 39.4 Å². The minimum absolute atomic E-state index is 0.292. The highest BCUT2D eigenvalue weighted by Gasteiger charge is 2.36. The molecule has 2 amide bonds. The molecule has 0 aliphatic carbocycles. The van der Waals surface area contributed by atoms with E-state index in [9.17, 15) is 4.79 Å². The number of nitrogens with zero attached hydrogens (tertiary/aromatic N) is 3. The van der Waals surface area contributed by atoms with Crippen molar-refractivity contribution < 1.29 is 14.1 Å². The number of urea groups is 1. The van der Waals surface area contributed by atoms with Crippen molar-refractivity contribution >= 4 is 28.9 Å². The lowest BCUT2D eigenvalue weighted by Gasteiger charge is -2.35.